The van der Waals surface area contributed by atoms with Crippen LogP contribution in [0, 0.1) is 0 Å². The average Bonchev–Trinajstić information content (AvgIpc) is 3.34. The molecule has 0 saturated carbocycles. The highest BCUT2D eigenvalue weighted by atomic mass is 79.9. The first-order chi connectivity index (χ1) is 17.7. The van der Waals surface area contributed by atoms with Gasteiger partial charge in [0.05, 0.1) is 11.4 Å². The topological polar surface area (TPSA) is 33.1 Å². The van der Waals surface area contributed by atoms with E-state index in [-0.39, 0.29) is 0 Å². The molecular formula is C30H25BrN4S. The first-order valence-electron chi connectivity index (χ1n) is 11.7. The Morgan fingerprint density at radius 2 is 1.39 bits per heavy atom. The average molecular weight is 554 g/mol. The highest BCUT2D eigenvalue weighted by molar-refractivity contribution is 9.10. The second kappa shape index (κ2) is 11.3. The van der Waals surface area contributed by atoms with Crippen molar-refractivity contribution >= 4 is 38.9 Å². The van der Waals surface area contributed by atoms with E-state index in [2.05, 4.69) is 80.9 Å². The summed E-state index contributed by atoms with van der Waals surface area (Å²) in [6, 6.07) is 38.9. The van der Waals surface area contributed by atoms with E-state index in [1.807, 2.05) is 71.4 Å². The molecule has 4 nitrogen and oxygen atoms in total. The molecule has 0 atom stereocenters. The number of rotatable bonds is 7. The molecule has 1 aromatic heterocycles. The van der Waals surface area contributed by atoms with Crippen molar-refractivity contribution in [1.82, 2.24) is 14.7 Å². The lowest BCUT2D eigenvalue weighted by Gasteiger charge is -2.26. The van der Waals surface area contributed by atoms with E-state index < -0.39 is 0 Å². The van der Waals surface area contributed by atoms with Gasteiger partial charge in [-0.3, -0.25) is 0 Å². The van der Waals surface area contributed by atoms with E-state index in [1.54, 1.807) is 0 Å². The van der Waals surface area contributed by atoms with E-state index >= 15 is 0 Å². The van der Waals surface area contributed by atoms with Crippen LogP contribution in [0.1, 0.15) is 11.1 Å². The zero-order chi connectivity index (χ0) is 24.7. The Kier molecular flexibility index (Phi) is 7.55. The predicted octanol–water partition coefficient (Wildman–Crippen LogP) is 7.70. The molecule has 36 heavy (non-hydrogen) atoms. The number of nitrogens with one attached hydrogen (secondary N) is 1. The largest absolute Gasteiger partial charge is 0.340 e. The number of hydrogen-bond acceptors (Lipinski definition) is 2. The molecule has 5 aromatic rings. The number of halogens is 1. The van der Waals surface area contributed by atoms with E-state index in [0.717, 1.165) is 32.7 Å². The van der Waals surface area contributed by atoms with Gasteiger partial charge < -0.3 is 10.2 Å². The standard InChI is InChI=1S/C30H25BrN4S/c31-26-18-16-24(17-19-26)29-25(22-35(33-29)28-14-8-3-9-15-28)21-34(20-23-10-4-1-5-11-23)30(36)32-27-12-6-2-7-13-27/h1-19,22H,20-21H2,(H,32,36). The fraction of sp³-hybridized carbons (Fsp3) is 0.0667. The van der Waals surface area contributed by atoms with Crippen molar-refractivity contribution in [3.63, 3.8) is 0 Å². The van der Waals surface area contributed by atoms with Gasteiger partial charge in [-0.25, -0.2) is 4.68 Å². The number of benzene rings is 4. The molecule has 0 unspecified atom stereocenters. The Balaban J connectivity index is 1.52. The molecule has 0 aliphatic heterocycles. The maximum absolute atomic E-state index is 5.91. The summed E-state index contributed by atoms with van der Waals surface area (Å²) in [6.07, 6.45) is 2.11. The van der Waals surface area contributed by atoms with Crippen LogP contribution in [0.25, 0.3) is 16.9 Å². The molecule has 0 saturated heterocycles. The smallest absolute Gasteiger partial charge is 0.174 e. The normalized spacial score (nSPS) is 10.7. The zero-order valence-corrected chi connectivity index (χ0v) is 22.0. The van der Waals surface area contributed by atoms with Gasteiger partial charge in [-0.15, -0.1) is 0 Å². The maximum Gasteiger partial charge on any atom is 0.174 e. The summed E-state index contributed by atoms with van der Waals surface area (Å²) in [4.78, 5) is 2.19. The highest BCUT2D eigenvalue weighted by Crippen LogP contribution is 2.27. The molecule has 178 valence electrons. The van der Waals surface area contributed by atoms with Gasteiger partial charge in [0.15, 0.2) is 5.11 Å². The Hall–Kier alpha value is -3.74. The van der Waals surface area contributed by atoms with Crippen LogP contribution in [-0.4, -0.2) is 19.8 Å². The molecule has 6 heteroatoms. The van der Waals surface area contributed by atoms with Crippen LogP contribution >= 0.6 is 28.1 Å². The number of hydrogen-bond donors (Lipinski definition) is 1. The van der Waals surface area contributed by atoms with Gasteiger partial charge in [0.1, 0.15) is 0 Å². The van der Waals surface area contributed by atoms with Gasteiger partial charge in [0.2, 0.25) is 0 Å². The van der Waals surface area contributed by atoms with Crippen LogP contribution in [0.4, 0.5) is 5.69 Å². The number of nitrogens with zero attached hydrogens (tertiary/aromatic N) is 3. The van der Waals surface area contributed by atoms with E-state index in [1.165, 1.54) is 5.56 Å². The van der Waals surface area contributed by atoms with Crippen molar-refractivity contribution in [2.45, 2.75) is 13.1 Å². The molecule has 0 spiro atoms. The fourth-order valence-electron chi connectivity index (χ4n) is 4.02. The maximum atomic E-state index is 5.91. The Labute approximate surface area is 225 Å². The summed E-state index contributed by atoms with van der Waals surface area (Å²) in [7, 11) is 0. The Morgan fingerprint density at radius 3 is 2.06 bits per heavy atom. The highest BCUT2D eigenvalue weighted by Gasteiger charge is 2.18. The molecular weight excluding hydrogens is 528 g/mol. The number of thiocarbonyl (C=S) groups is 1. The van der Waals surface area contributed by atoms with Gasteiger partial charge in [-0.05, 0) is 54.2 Å². The van der Waals surface area contributed by atoms with Gasteiger partial charge >= 0.3 is 0 Å². The molecule has 0 amide bonds. The number of anilines is 1. The second-order valence-corrected chi connectivity index (χ2v) is 9.73. The molecule has 0 aliphatic carbocycles. The summed E-state index contributed by atoms with van der Waals surface area (Å²) in [5, 5.41) is 9.07. The van der Waals surface area contributed by atoms with Gasteiger partial charge in [0, 0.05) is 40.6 Å². The van der Waals surface area contributed by atoms with Crippen molar-refractivity contribution in [1.29, 1.82) is 0 Å². The minimum Gasteiger partial charge on any atom is -0.340 e. The fourth-order valence-corrected chi connectivity index (χ4v) is 4.53. The molecule has 1 N–H and O–H groups in total. The SMILES string of the molecule is S=C(Nc1ccccc1)N(Cc1ccccc1)Cc1cn(-c2ccccc2)nc1-c1ccc(Br)cc1. The van der Waals surface area contributed by atoms with Crippen molar-refractivity contribution in [3.8, 4) is 16.9 Å². The van der Waals surface area contributed by atoms with Crippen molar-refractivity contribution < 1.29 is 0 Å². The summed E-state index contributed by atoms with van der Waals surface area (Å²) < 4.78 is 2.98. The van der Waals surface area contributed by atoms with Crippen molar-refractivity contribution in [2.75, 3.05) is 5.32 Å². The lowest BCUT2D eigenvalue weighted by molar-refractivity contribution is 0.413. The van der Waals surface area contributed by atoms with Crippen LogP contribution in [0.2, 0.25) is 0 Å². The Bertz CT molecular complexity index is 1420. The van der Waals surface area contributed by atoms with Crippen LogP contribution in [0.3, 0.4) is 0 Å². The summed E-state index contributed by atoms with van der Waals surface area (Å²) in [6.45, 7) is 1.28. The Morgan fingerprint density at radius 1 is 0.778 bits per heavy atom. The summed E-state index contributed by atoms with van der Waals surface area (Å²) in [5.74, 6) is 0. The van der Waals surface area contributed by atoms with Crippen molar-refractivity contribution in [2.24, 2.45) is 0 Å². The summed E-state index contributed by atoms with van der Waals surface area (Å²) in [5.41, 5.74) is 6.26. The number of para-hydroxylation sites is 2. The first kappa shape index (κ1) is 24.0. The van der Waals surface area contributed by atoms with Gasteiger partial charge in [0.25, 0.3) is 0 Å². The molecule has 0 radical (unpaired) electrons. The lowest BCUT2D eigenvalue weighted by Crippen LogP contribution is -2.33. The van der Waals surface area contributed by atoms with Gasteiger partial charge in [-0.2, -0.15) is 5.10 Å². The molecule has 0 bridgehead atoms. The lowest BCUT2D eigenvalue weighted by atomic mass is 10.1. The van der Waals surface area contributed by atoms with E-state index in [9.17, 15) is 0 Å². The molecule has 1 heterocycles. The van der Waals surface area contributed by atoms with Crippen LogP contribution in [0.5, 0.6) is 0 Å². The second-order valence-electron chi connectivity index (χ2n) is 8.43. The number of aromatic nitrogens is 2. The van der Waals surface area contributed by atoms with Gasteiger partial charge in [-0.1, -0.05) is 94.8 Å². The minimum absolute atomic E-state index is 0.603. The zero-order valence-electron chi connectivity index (χ0n) is 19.6. The van der Waals surface area contributed by atoms with Crippen LogP contribution in [-0.2, 0) is 13.1 Å². The molecule has 0 fully saturated rings. The molecule has 4 aromatic carbocycles. The van der Waals surface area contributed by atoms with Crippen molar-refractivity contribution in [3.05, 3.63) is 137 Å². The van der Waals surface area contributed by atoms with E-state index in [0.29, 0.717) is 18.2 Å². The molecule has 0 aliphatic rings. The predicted molar refractivity (Wildman–Crippen MR) is 155 cm³/mol. The van der Waals surface area contributed by atoms with Crippen LogP contribution in [0.15, 0.2) is 126 Å². The van der Waals surface area contributed by atoms with Crippen LogP contribution < -0.4 is 5.32 Å². The monoisotopic (exact) mass is 552 g/mol. The third-order valence-corrected chi connectivity index (χ3v) is 6.71. The third kappa shape index (κ3) is 5.90. The molecule has 5 rings (SSSR count). The first-order valence-corrected chi connectivity index (χ1v) is 12.9. The minimum atomic E-state index is 0.603. The summed E-state index contributed by atoms with van der Waals surface area (Å²) >= 11 is 9.46. The van der Waals surface area contributed by atoms with E-state index in [4.69, 9.17) is 17.3 Å². The third-order valence-electron chi connectivity index (χ3n) is 5.82. The quantitative estimate of drug-likeness (QED) is 0.210.